The topological polar surface area (TPSA) is 121 Å². The summed E-state index contributed by atoms with van der Waals surface area (Å²) in [6, 6.07) is 0. The van der Waals surface area contributed by atoms with E-state index in [-0.39, 0.29) is 38.3 Å². The number of carbonyl (C=O) groups excluding carboxylic acids is 2. The fourth-order valence-corrected chi connectivity index (χ4v) is 6.48. The second-order valence-corrected chi connectivity index (χ2v) is 17.5. The first kappa shape index (κ1) is 54.2. The summed E-state index contributed by atoms with van der Waals surface area (Å²) in [5, 5.41) is 0. The number of esters is 2. The second kappa shape index (κ2) is 35.9. The number of likely N-dealkylation sites (N-methyl/N-ethyl adjacent to an activating group) is 1. The van der Waals surface area contributed by atoms with E-state index in [2.05, 4.69) is 98.9 Å². The Hall–Kier alpha value is -2.85. The van der Waals surface area contributed by atoms with Gasteiger partial charge in [0.25, 0.3) is 0 Å². The quantitative estimate of drug-likeness (QED) is 0.0162. The molecule has 0 radical (unpaired) electrons. The van der Waals surface area contributed by atoms with Gasteiger partial charge in [-0.3, -0.25) is 18.6 Å². The first-order chi connectivity index (χ1) is 28.5. The maximum absolute atomic E-state index is 12.7. The first-order valence-electron chi connectivity index (χ1n) is 22.4. The molecule has 4 atom stereocenters. The zero-order chi connectivity index (χ0) is 43.3. The van der Waals surface area contributed by atoms with Gasteiger partial charge in [-0.25, -0.2) is 4.57 Å². The van der Waals surface area contributed by atoms with Crippen molar-refractivity contribution < 1.29 is 46.8 Å². The van der Waals surface area contributed by atoms with E-state index in [4.69, 9.17) is 23.3 Å². The predicted molar refractivity (Wildman–Crippen MR) is 242 cm³/mol. The minimum absolute atomic E-state index is 0.00948. The number of hydrogen-bond acceptors (Lipinski definition) is 8. The van der Waals surface area contributed by atoms with Gasteiger partial charge < -0.3 is 23.6 Å². The van der Waals surface area contributed by atoms with Crippen LogP contribution in [0.1, 0.15) is 142 Å². The van der Waals surface area contributed by atoms with E-state index in [1.54, 1.807) is 0 Å². The molecule has 1 saturated heterocycles. The Morgan fingerprint density at radius 1 is 0.644 bits per heavy atom. The molecule has 1 aliphatic rings. The van der Waals surface area contributed by atoms with Crippen molar-refractivity contribution in [2.75, 3.05) is 47.5 Å². The van der Waals surface area contributed by atoms with Gasteiger partial charge in [0.2, 0.25) is 0 Å². The third-order valence-electron chi connectivity index (χ3n) is 9.33. The summed E-state index contributed by atoms with van der Waals surface area (Å²) in [6.45, 7) is 4.14. The van der Waals surface area contributed by atoms with Crippen LogP contribution in [-0.4, -0.2) is 87.1 Å². The minimum atomic E-state index is -4.41. The number of nitrogens with zero attached hydrogens (tertiary/aromatic N) is 1. The summed E-state index contributed by atoms with van der Waals surface area (Å²) in [5.74, 6) is -0.912. The van der Waals surface area contributed by atoms with Crippen LogP contribution in [0, 0.1) is 0 Å². The van der Waals surface area contributed by atoms with Gasteiger partial charge >= 0.3 is 19.8 Å². The molecule has 0 aromatic rings. The smallest absolute Gasteiger partial charge is 0.462 e. The number of ether oxygens (including phenoxy) is 3. The molecule has 0 aromatic carbocycles. The van der Waals surface area contributed by atoms with Gasteiger partial charge in [0.05, 0.1) is 40.0 Å². The van der Waals surface area contributed by atoms with Crippen LogP contribution >= 0.6 is 7.82 Å². The highest BCUT2D eigenvalue weighted by Gasteiger charge is 2.36. The highest BCUT2D eigenvalue weighted by molar-refractivity contribution is 7.47. The largest absolute Gasteiger partial charge is 0.472 e. The fraction of sp³-hybridized carbons (Fsp3) is 0.667. The SMILES string of the molecule is CC/C=C\C/C=C\C/C=C\C/C=C\CCCCCCC(=O)O[C@H](COC(=O)CCCC1OC1C/C=C\C/C=C\C/C=C\CCCCC)COP(=O)(O)OCC[N+](C)(C)C. The molecular weight excluding hydrogens is 766 g/mol. The average Bonchev–Trinajstić information content (AvgIpc) is 3.94. The van der Waals surface area contributed by atoms with Gasteiger partial charge in [0, 0.05) is 12.8 Å². The number of carbonyl (C=O) groups is 2. The summed E-state index contributed by atoms with van der Waals surface area (Å²) >= 11 is 0. The standard InChI is InChI=1S/C48H80NO9P/c1-6-8-10-12-14-16-18-20-21-22-23-24-26-28-30-32-34-38-48(51)57-44(43-56-59(52,53)55-41-40-49(3,4)5)42-54-47(50)39-35-37-46-45(58-46)36-33-31-29-27-25-19-17-15-13-11-9-7-2/h8,10,14-17,20-21,23-25,27,31,33,44-46H,6-7,9,11-13,18-19,22,26,28-30,32,34-43H2,1-5H3/p+1/b10-8-,16-14-,17-15-,21-20-,24-23-,27-25-,33-31-/t44-,45?,46?/m1/s1. The number of hydrogen-bond donors (Lipinski definition) is 1. The maximum atomic E-state index is 12.7. The molecule has 0 aliphatic carbocycles. The monoisotopic (exact) mass is 847 g/mol. The van der Waals surface area contributed by atoms with E-state index in [1.165, 1.54) is 25.7 Å². The van der Waals surface area contributed by atoms with Crippen molar-refractivity contribution >= 4 is 19.8 Å². The van der Waals surface area contributed by atoms with Crippen LogP contribution in [0.5, 0.6) is 0 Å². The second-order valence-electron chi connectivity index (χ2n) is 16.1. The van der Waals surface area contributed by atoms with Crippen molar-refractivity contribution in [2.24, 2.45) is 0 Å². The molecule has 0 saturated carbocycles. The molecule has 336 valence electrons. The van der Waals surface area contributed by atoms with Crippen molar-refractivity contribution in [1.29, 1.82) is 0 Å². The molecule has 0 spiro atoms. The molecule has 1 aliphatic heterocycles. The molecule has 1 rings (SSSR count). The van der Waals surface area contributed by atoms with Crippen LogP contribution < -0.4 is 0 Å². The van der Waals surface area contributed by atoms with Gasteiger partial charge in [-0.2, -0.15) is 0 Å². The molecule has 1 fully saturated rings. The Balaban J connectivity index is 2.36. The van der Waals surface area contributed by atoms with Crippen molar-refractivity contribution in [3.8, 4) is 0 Å². The Kier molecular flexibility index (Phi) is 32.9. The zero-order valence-corrected chi connectivity index (χ0v) is 38.3. The molecule has 59 heavy (non-hydrogen) atoms. The highest BCUT2D eigenvalue weighted by atomic mass is 31.2. The van der Waals surface area contributed by atoms with E-state index in [1.807, 2.05) is 21.1 Å². The Morgan fingerprint density at radius 3 is 1.78 bits per heavy atom. The van der Waals surface area contributed by atoms with E-state index in [0.717, 1.165) is 77.0 Å². The number of rotatable bonds is 38. The van der Waals surface area contributed by atoms with E-state index >= 15 is 0 Å². The summed E-state index contributed by atoms with van der Waals surface area (Å²) in [4.78, 5) is 35.5. The van der Waals surface area contributed by atoms with Gasteiger partial charge in [0.1, 0.15) is 19.8 Å². The zero-order valence-electron chi connectivity index (χ0n) is 37.4. The van der Waals surface area contributed by atoms with Crippen LogP contribution in [0.2, 0.25) is 0 Å². The number of phosphoric ester groups is 1. The number of unbranched alkanes of at least 4 members (excludes halogenated alkanes) is 7. The molecule has 1 N–H and O–H groups in total. The van der Waals surface area contributed by atoms with Gasteiger partial charge in [0.15, 0.2) is 6.10 Å². The van der Waals surface area contributed by atoms with E-state index < -0.39 is 32.5 Å². The number of phosphoric acid groups is 1. The third kappa shape index (κ3) is 36.7. The van der Waals surface area contributed by atoms with Gasteiger partial charge in [-0.05, 0) is 89.9 Å². The van der Waals surface area contributed by atoms with Crippen molar-refractivity contribution in [2.45, 2.75) is 161 Å². The fourth-order valence-electron chi connectivity index (χ4n) is 5.74. The number of epoxide rings is 1. The van der Waals surface area contributed by atoms with E-state index in [0.29, 0.717) is 23.9 Å². The predicted octanol–water partition coefficient (Wildman–Crippen LogP) is 11.8. The van der Waals surface area contributed by atoms with Crippen molar-refractivity contribution in [1.82, 2.24) is 0 Å². The van der Waals surface area contributed by atoms with Crippen molar-refractivity contribution in [3.05, 3.63) is 85.1 Å². The summed E-state index contributed by atoms with van der Waals surface area (Å²) in [5.41, 5.74) is 0. The van der Waals surface area contributed by atoms with Crippen molar-refractivity contribution in [3.63, 3.8) is 0 Å². The minimum Gasteiger partial charge on any atom is -0.462 e. The lowest BCUT2D eigenvalue weighted by Gasteiger charge is -2.24. The van der Waals surface area contributed by atoms with Gasteiger partial charge in [-0.1, -0.05) is 125 Å². The van der Waals surface area contributed by atoms with Crippen LogP contribution in [0.3, 0.4) is 0 Å². The van der Waals surface area contributed by atoms with Crippen LogP contribution in [0.4, 0.5) is 0 Å². The highest BCUT2D eigenvalue weighted by Crippen LogP contribution is 2.43. The molecule has 10 nitrogen and oxygen atoms in total. The summed E-state index contributed by atoms with van der Waals surface area (Å²) in [6.07, 6.45) is 47.9. The maximum Gasteiger partial charge on any atom is 0.472 e. The van der Waals surface area contributed by atoms with E-state index in [9.17, 15) is 19.0 Å². The van der Waals surface area contributed by atoms with Crippen LogP contribution in [-0.2, 0) is 37.4 Å². The number of allylic oxidation sites excluding steroid dienone is 13. The molecule has 0 amide bonds. The number of quaternary nitrogens is 1. The Labute approximate surface area is 358 Å². The van der Waals surface area contributed by atoms with Crippen LogP contribution in [0.15, 0.2) is 85.1 Å². The summed E-state index contributed by atoms with van der Waals surface area (Å²) in [7, 11) is 1.40. The molecule has 0 aromatic heterocycles. The average molecular weight is 847 g/mol. The molecule has 0 bridgehead atoms. The molecule has 11 heteroatoms. The lowest BCUT2D eigenvalue weighted by molar-refractivity contribution is -0.870. The molecular formula is C48H81NO9P+. The Bertz CT molecular complexity index is 1340. The van der Waals surface area contributed by atoms with Crippen LogP contribution in [0.25, 0.3) is 0 Å². The lowest BCUT2D eigenvalue weighted by atomic mass is 10.1. The third-order valence-corrected chi connectivity index (χ3v) is 10.3. The first-order valence-corrected chi connectivity index (χ1v) is 23.9. The Morgan fingerprint density at radius 2 is 1.19 bits per heavy atom. The summed E-state index contributed by atoms with van der Waals surface area (Å²) < 4.78 is 40.1. The lowest BCUT2D eigenvalue weighted by Crippen LogP contribution is -2.37. The molecule has 3 unspecified atom stereocenters. The normalized spacial score (nSPS) is 17.8. The molecule has 1 heterocycles. The van der Waals surface area contributed by atoms with Gasteiger partial charge in [-0.15, -0.1) is 0 Å².